The van der Waals surface area contributed by atoms with Crippen molar-refractivity contribution in [2.24, 2.45) is 0 Å². The summed E-state index contributed by atoms with van der Waals surface area (Å²) in [5.41, 5.74) is 3.14. The number of amides is 1. The van der Waals surface area contributed by atoms with Crippen molar-refractivity contribution in [1.82, 2.24) is 9.62 Å². The van der Waals surface area contributed by atoms with E-state index >= 15 is 0 Å². The van der Waals surface area contributed by atoms with Crippen LogP contribution in [0.4, 0.5) is 5.69 Å². The van der Waals surface area contributed by atoms with Crippen LogP contribution in [0, 0.1) is 0 Å². The molecule has 6 nitrogen and oxygen atoms in total. The van der Waals surface area contributed by atoms with Gasteiger partial charge in [-0.05, 0) is 61.4 Å². The molecule has 0 saturated carbocycles. The molecule has 30 heavy (non-hydrogen) atoms. The first-order chi connectivity index (χ1) is 14.5. The fourth-order valence-corrected chi connectivity index (χ4v) is 5.92. The van der Waals surface area contributed by atoms with Gasteiger partial charge in [-0.2, -0.15) is 4.31 Å². The van der Waals surface area contributed by atoms with Crippen molar-refractivity contribution in [3.8, 4) is 0 Å². The van der Waals surface area contributed by atoms with Crippen molar-refractivity contribution in [3.63, 3.8) is 0 Å². The van der Waals surface area contributed by atoms with Gasteiger partial charge in [-0.15, -0.1) is 0 Å². The van der Waals surface area contributed by atoms with Gasteiger partial charge in [0.05, 0.1) is 17.5 Å². The second-order valence-corrected chi connectivity index (χ2v) is 10.00. The minimum atomic E-state index is -3.49. The smallest absolute Gasteiger partial charge is 0.243 e. The highest BCUT2D eigenvalue weighted by molar-refractivity contribution is 7.89. The van der Waals surface area contributed by atoms with Gasteiger partial charge in [-0.3, -0.25) is 4.79 Å². The van der Waals surface area contributed by atoms with E-state index < -0.39 is 10.0 Å². The number of rotatable bonds is 6. The van der Waals surface area contributed by atoms with Crippen molar-refractivity contribution < 1.29 is 13.2 Å². The number of carbonyl (C=O) groups excluding carboxylic acids is 1. The molecule has 1 saturated heterocycles. The van der Waals surface area contributed by atoms with E-state index in [1.165, 1.54) is 11.1 Å². The quantitative estimate of drug-likeness (QED) is 0.740. The first kappa shape index (κ1) is 20.9. The normalized spacial score (nSPS) is 19.7. The van der Waals surface area contributed by atoms with E-state index in [2.05, 4.69) is 22.8 Å². The lowest BCUT2D eigenvalue weighted by Gasteiger charge is -2.26. The highest BCUT2D eigenvalue weighted by Crippen LogP contribution is 2.29. The zero-order valence-electron chi connectivity index (χ0n) is 17.1. The summed E-state index contributed by atoms with van der Waals surface area (Å²) in [7, 11) is -3.49. The van der Waals surface area contributed by atoms with Crippen LogP contribution in [-0.4, -0.2) is 38.3 Å². The van der Waals surface area contributed by atoms with Gasteiger partial charge in [0, 0.05) is 18.8 Å². The third-order valence-electron chi connectivity index (χ3n) is 5.94. The molecule has 0 aromatic heterocycles. The summed E-state index contributed by atoms with van der Waals surface area (Å²) in [6.07, 6.45) is 5.94. The zero-order chi connectivity index (χ0) is 21.0. The van der Waals surface area contributed by atoms with Gasteiger partial charge in [0.2, 0.25) is 15.9 Å². The number of aryl methyl sites for hydroxylation is 1. The highest BCUT2D eigenvalue weighted by atomic mass is 32.2. The molecule has 4 rings (SSSR count). The average molecular weight is 428 g/mol. The van der Waals surface area contributed by atoms with Crippen molar-refractivity contribution in [2.45, 2.75) is 49.5 Å². The van der Waals surface area contributed by atoms with Gasteiger partial charge in [0.15, 0.2) is 0 Å². The van der Waals surface area contributed by atoms with Crippen LogP contribution in [0.3, 0.4) is 0 Å². The molecule has 1 atom stereocenters. The third kappa shape index (κ3) is 4.68. The molecule has 2 aliphatic rings. The Morgan fingerprint density at radius 1 is 1.00 bits per heavy atom. The molecule has 1 aliphatic heterocycles. The first-order valence-electron chi connectivity index (χ1n) is 10.8. The van der Waals surface area contributed by atoms with Crippen molar-refractivity contribution >= 4 is 21.6 Å². The number of anilines is 1. The summed E-state index contributed by atoms with van der Waals surface area (Å²) in [5, 5.41) is 6.19. The second kappa shape index (κ2) is 9.18. The predicted molar refractivity (Wildman–Crippen MR) is 118 cm³/mol. The Labute approximate surface area is 178 Å². The number of hydrogen-bond donors (Lipinski definition) is 2. The number of hydrogen-bond acceptors (Lipinski definition) is 4. The van der Waals surface area contributed by atoms with E-state index in [9.17, 15) is 13.2 Å². The van der Waals surface area contributed by atoms with Crippen molar-refractivity contribution in [3.05, 3.63) is 59.7 Å². The van der Waals surface area contributed by atoms with E-state index in [0.29, 0.717) is 18.8 Å². The molecule has 0 radical (unpaired) electrons. The molecule has 0 bridgehead atoms. The maximum absolute atomic E-state index is 12.9. The molecule has 1 aliphatic carbocycles. The lowest BCUT2D eigenvalue weighted by Crippen LogP contribution is -2.36. The van der Waals surface area contributed by atoms with Crippen LogP contribution in [-0.2, 0) is 21.2 Å². The molecule has 1 unspecified atom stereocenters. The summed E-state index contributed by atoms with van der Waals surface area (Å²) in [6, 6.07) is 15.0. The van der Waals surface area contributed by atoms with Gasteiger partial charge in [-0.25, -0.2) is 8.42 Å². The Kier molecular flexibility index (Phi) is 6.39. The van der Waals surface area contributed by atoms with Gasteiger partial charge in [0.25, 0.3) is 0 Å². The summed E-state index contributed by atoms with van der Waals surface area (Å²) in [5.74, 6) is -0.0963. The average Bonchev–Trinajstić information content (AvgIpc) is 2.79. The van der Waals surface area contributed by atoms with Gasteiger partial charge in [0.1, 0.15) is 0 Å². The second-order valence-electron chi connectivity index (χ2n) is 8.06. The first-order valence-corrected chi connectivity index (χ1v) is 12.2. The lowest BCUT2D eigenvalue weighted by atomic mass is 9.88. The fraction of sp³-hybridized carbons (Fsp3) is 0.435. The van der Waals surface area contributed by atoms with E-state index in [4.69, 9.17) is 0 Å². The van der Waals surface area contributed by atoms with Crippen LogP contribution < -0.4 is 10.6 Å². The van der Waals surface area contributed by atoms with Gasteiger partial charge in [-0.1, -0.05) is 36.8 Å². The molecule has 2 aromatic rings. The van der Waals surface area contributed by atoms with E-state index in [1.807, 2.05) is 12.1 Å². The molecule has 0 spiro atoms. The van der Waals surface area contributed by atoms with Crippen molar-refractivity contribution in [1.29, 1.82) is 0 Å². The van der Waals surface area contributed by atoms with Crippen molar-refractivity contribution in [2.75, 3.05) is 25.0 Å². The van der Waals surface area contributed by atoms with Gasteiger partial charge >= 0.3 is 0 Å². The number of piperidine rings is 1. The standard InChI is InChI=1S/C23H29N3O3S/c27-23(25-22-13-6-9-18-8-2-3-12-21(18)22)17-24-19-10-7-11-20(16-19)30(28,29)26-14-4-1-5-15-26/h2-3,7-8,10-12,16,22,24H,1,4-6,9,13-15,17H2,(H,25,27). The maximum atomic E-state index is 12.9. The fourth-order valence-electron chi connectivity index (χ4n) is 4.35. The summed E-state index contributed by atoms with van der Waals surface area (Å²) >= 11 is 0. The molecular formula is C23H29N3O3S. The van der Waals surface area contributed by atoms with Crippen LogP contribution >= 0.6 is 0 Å². The summed E-state index contributed by atoms with van der Waals surface area (Å²) < 4.78 is 27.3. The minimum Gasteiger partial charge on any atom is -0.376 e. The maximum Gasteiger partial charge on any atom is 0.243 e. The Morgan fingerprint density at radius 2 is 1.80 bits per heavy atom. The van der Waals surface area contributed by atoms with Crippen LogP contribution in [0.25, 0.3) is 0 Å². The summed E-state index contributed by atoms with van der Waals surface area (Å²) in [6.45, 7) is 1.25. The lowest BCUT2D eigenvalue weighted by molar-refractivity contribution is -0.120. The van der Waals surface area contributed by atoms with E-state index in [-0.39, 0.29) is 23.4 Å². The Hall–Kier alpha value is -2.38. The molecule has 2 N–H and O–H groups in total. The topological polar surface area (TPSA) is 78.5 Å². The highest BCUT2D eigenvalue weighted by Gasteiger charge is 2.26. The molecule has 1 amide bonds. The Morgan fingerprint density at radius 3 is 2.63 bits per heavy atom. The third-order valence-corrected chi connectivity index (χ3v) is 7.84. The zero-order valence-corrected chi connectivity index (χ0v) is 18.0. The number of fused-ring (bicyclic) bond motifs is 1. The number of sulfonamides is 1. The minimum absolute atomic E-state index is 0.0371. The van der Waals surface area contributed by atoms with E-state index in [1.54, 1.807) is 28.6 Å². The largest absolute Gasteiger partial charge is 0.376 e. The number of benzene rings is 2. The van der Waals surface area contributed by atoms with Gasteiger partial charge < -0.3 is 10.6 Å². The predicted octanol–water partition coefficient (Wildman–Crippen LogP) is 3.47. The number of nitrogens with one attached hydrogen (secondary N) is 2. The van der Waals surface area contributed by atoms with E-state index in [0.717, 1.165) is 38.5 Å². The Bertz CT molecular complexity index is 1000. The number of carbonyl (C=O) groups is 1. The molecule has 7 heteroatoms. The van der Waals surface area contributed by atoms with Crippen LogP contribution in [0.15, 0.2) is 53.4 Å². The SMILES string of the molecule is O=C(CNc1cccc(S(=O)(=O)N2CCCCC2)c1)NC1CCCc2ccccc21. The Balaban J connectivity index is 1.38. The molecule has 160 valence electrons. The van der Waals surface area contributed by atoms with Crippen LogP contribution in [0.1, 0.15) is 49.3 Å². The molecular weight excluding hydrogens is 398 g/mol. The molecule has 1 fully saturated rings. The molecule has 1 heterocycles. The summed E-state index contributed by atoms with van der Waals surface area (Å²) in [4.78, 5) is 12.8. The van der Waals surface area contributed by atoms with Crippen LogP contribution in [0.5, 0.6) is 0 Å². The number of nitrogens with zero attached hydrogens (tertiary/aromatic N) is 1. The van der Waals surface area contributed by atoms with Crippen LogP contribution in [0.2, 0.25) is 0 Å². The molecule has 2 aromatic carbocycles. The monoisotopic (exact) mass is 427 g/mol.